The van der Waals surface area contributed by atoms with Gasteiger partial charge >= 0.3 is 0 Å². The third-order valence-electron chi connectivity index (χ3n) is 23.7. The summed E-state index contributed by atoms with van der Waals surface area (Å²) >= 11 is 0. The Bertz CT molecular complexity index is 2170. The van der Waals surface area contributed by atoms with Gasteiger partial charge in [0.25, 0.3) is 0 Å². The van der Waals surface area contributed by atoms with Crippen molar-refractivity contribution in [3.63, 3.8) is 0 Å². The van der Waals surface area contributed by atoms with Gasteiger partial charge in [0.15, 0.2) is 0 Å². The van der Waals surface area contributed by atoms with Crippen LogP contribution in [0.15, 0.2) is 109 Å². The quantitative estimate of drug-likeness (QED) is 0.136. The van der Waals surface area contributed by atoms with Crippen LogP contribution in [-0.4, -0.2) is 0 Å². The summed E-state index contributed by atoms with van der Waals surface area (Å²) in [5.74, 6) is 11.8. The van der Waals surface area contributed by atoms with Gasteiger partial charge in [-0.25, -0.2) is 0 Å². The van der Waals surface area contributed by atoms with Gasteiger partial charge < -0.3 is 0 Å². The molecule has 0 heteroatoms. The lowest BCUT2D eigenvalue weighted by Crippen LogP contribution is -2.38. The van der Waals surface area contributed by atoms with E-state index in [0.717, 1.165) is 10.8 Å². The summed E-state index contributed by atoms with van der Waals surface area (Å²) in [7, 11) is 0. The Labute approximate surface area is 465 Å². The van der Waals surface area contributed by atoms with Gasteiger partial charge in [0.1, 0.15) is 0 Å². The van der Waals surface area contributed by atoms with Crippen LogP contribution in [0.4, 0.5) is 0 Å². The summed E-state index contributed by atoms with van der Waals surface area (Å²) in [6.45, 7) is 0. The maximum atomic E-state index is 2.24. The smallest absolute Gasteiger partial charge is 0.0178 e. The van der Waals surface area contributed by atoms with Crippen LogP contribution in [0.1, 0.15) is 257 Å². The van der Waals surface area contributed by atoms with Crippen molar-refractivity contribution in [2.45, 2.75) is 257 Å². The summed E-state index contributed by atoms with van der Waals surface area (Å²) < 4.78 is 0. The topological polar surface area (TPSA) is 0 Å². The molecule has 0 aromatic heterocycles. The molecule has 4 unspecified atom stereocenters. The van der Waals surface area contributed by atoms with Gasteiger partial charge in [0, 0.05) is 0 Å². The maximum Gasteiger partial charge on any atom is -0.0178 e. The molecule has 5 aromatic rings. The molecule has 0 heterocycles. The highest BCUT2D eigenvalue weighted by Crippen LogP contribution is 2.59. The predicted molar refractivity (Wildman–Crippen MR) is 330 cm³/mol. The van der Waals surface area contributed by atoms with E-state index in [2.05, 4.69) is 109 Å². The van der Waals surface area contributed by atoms with E-state index in [1.807, 2.05) is 0 Å². The zero-order valence-electron chi connectivity index (χ0n) is 48.5. The largest absolute Gasteiger partial charge is 0.0616 e. The van der Waals surface area contributed by atoms with Crippen molar-refractivity contribution < 1.29 is 0 Å². The molecule has 0 radical (unpaired) electrons. The van der Waals surface area contributed by atoms with Gasteiger partial charge in [-0.15, -0.1) is 0 Å². The number of benzene rings is 5. The van der Waals surface area contributed by atoms with E-state index in [-0.39, 0.29) is 0 Å². The van der Waals surface area contributed by atoms with E-state index in [4.69, 9.17) is 0 Å². The molecule has 14 saturated carbocycles. The van der Waals surface area contributed by atoms with Gasteiger partial charge in [-0.1, -0.05) is 225 Å². The number of rotatable bonds is 0. The average Bonchev–Trinajstić information content (AvgIpc) is 4.34. The van der Waals surface area contributed by atoms with E-state index in [0.29, 0.717) is 0 Å². The fraction of sp³-hybridized carbons (Fsp3) is 0.684. The Morgan fingerprint density at radius 3 is 0.750 bits per heavy atom. The summed E-state index contributed by atoms with van der Waals surface area (Å²) in [6.07, 6.45) is 62.2. The fourth-order valence-electron chi connectivity index (χ4n) is 19.9. The molecule has 5 aromatic carbocycles. The molecule has 0 saturated heterocycles. The molecule has 76 heavy (non-hydrogen) atoms. The molecule has 0 amide bonds. The van der Waals surface area contributed by atoms with Crippen molar-refractivity contribution in [2.24, 2.45) is 70.0 Å². The molecule has 14 aliphatic carbocycles. The molecule has 19 rings (SSSR count). The van der Waals surface area contributed by atoms with E-state index in [1.54, 1.807) is 161 Å². The zero-order chi connectivity index (χ0) is 51.2. The third-order valence-corrected chi connectivity index (χ3v) is 23.7. The maximum absolute atomic E-state index is 2.24. The van der Waals surface area contributed by atoms with Gasteiger partial charge in [0.2, 0.25) is 0 Å². The molecular weight excluding hydrogens is 913 g/mol. The van der Waals surface area contributed by atoms with Crippen LogP contribution in [0, 0.1) is 70.0 Å². The molecule has 4 atom stereocenters. The lowest BCUT2D eigenvalue weighted by Gasteiger charge is -2.49. The lowest BCUT2D eigenvalue weighted by molar-refractivity contribution is 0.0198. The molecule has 0 aliphatic heterocycles. The number of hydrogen-bond acceptors (Lipinski definition) is 0. The number of hydrogen-bond donors (Lipinski definition) is 0. The molecule has 2 spiro atoms. The Morgan fingerprint density at radius 1 is 0.224 bits per heavy atom. The highest BCUT2D eigenvalue weighted by molar-refractivity contribution is 5.98. The van der Waals surface area contributed by atoms with Crippen LogP contribution in [0.3, 0.4) is 0 Å². The Kier molecular flexibility index (Phi) is 19.7. The summed E-state index contributed by atoms with van der Waals surface area (Å²) in [5, 5.41) is 7.87. The monoisotopic (exact) mass is 1020 g/mol. The van der Waals surface area contributed by atoms with Crippen molar-refractivity contribution in [2.75, 3.05) is 0 Å². The van der Waals surface area contributed by atoms with Crippen molar-refractivity contribution in [1.29, 1.82) is 0 Å². The lowest BCUT2D eigenvalue weighted by atomic mass is 9.56. The Hall–Kier alpha value is -3.12. The van der Waals surface area contributed by atoms with Crippen molar-refractivity contribution in [3.8, 4) is 0 Å². The minimum Gasteiger partial charge on any atom is -0.0616 e. The van der Waals surface area contributed by atoms with E-state index in [1.165, 1.54) is 188 Å². The van der Waals surface area contributed by atoms with E-state index < -0.39 is 0 Å². The van der Waals surface area contributed by atoms with Crippen LogP contribution in [-0.2, 0) is 0 Å². The minimum atomic E-state index is 0.873. The second kappa shape index (κ2) is 27.4. The summed E-state index contributed by atoms with van der Waals surface area (Å²) in [6, 6.07) is 38.1. The van der Waals surface area contributed by atoms with Crippen molar-refractivity contribution in [3.05, 3.63) is 109 Å². The number of fused-ring (bicyclic) bond motifs is 10. The first kappa shape index (κ1) is 54.8. The molecule has 0 nitrogen and oxygen atoms in total. The average molecular weight is 1020 g/mol. The normalized spacial score (nSPS) is 32.7. The van der Waals surface area contributed by atoms with Gasteiger partial charge in [-0.05, 0) is 243 Å². The first-order chi connectivity index (χ1) is 37.5. The molecule has 8 bridgehead atoms. The standard InChI is InChI=1S/C14H10.2C10H16.C10H8.C10H18.C9H16.C7H12.C6H12/c1-2-6-12-10-14-8-4-3-7-13(14)9-11(12)5-1;1-7-2-9-4-8(1)5-10(3-7)6-9;1-2-9-7-4-5-8(6-7)10(9)3-1;1-2-6-10-8-4-3-7-9(10)5-1;1-2-6-10(7-3-1)8-4-5-9-10;1-2-6-9(5-1)7-3-4-8-9;1-2-7-4-3-6(1)5-7;1-2-4-6-5-3-1/h1-10H;2*7-10H,1-6H2;1-8H;1-9H2;1-8H2;6-7H,1-5H2;1-6H2. The van der Waals surface area contributed by atoms with Gasteiger partial charge in [-0.3, -0.25) is 0 Å². The second-order valence-electron chi connectivity index (χ2n) is 28.8. The summed E-state index contributed by atoms with van der Waals surface area (Å²) in [4.78, 5) is 0. The molecule has 14 fully saturated rings. The Morgan fingerprint density at radius 2 is 0.474 bits per heavy atom. The van der Waals surface area contributed by atoms with Crippen LogP contribution in [0.2, 0.25) is 0 Å². The molecule has 14 aliphatic rings. The van der Waals surface area contributed by atoms with Crippen LogP contribution >= 0.6 is 0 Å². The minimum absolute atomic E-state index is 0.873. The van der Waals surface area contributed by atoms with Crippen LogP contribution in [0.5, 0.6) is 0 Å². The summed E-state index contributed by atoms with van der Waals surface area (Å²) in [5.41, 5.74) is 1.76. The van der Waals surface area contributed by atoms with E-state index in [9.17, 15) is 0 Å². The fourth-order valence-corrected chi connectivity index (χ4v) is 19.9. The Balaban J connectivity index is 0.0000000936. The molecular formula is C76H108. The van der Waals surface area contributed by atoms with E-state index >= 15 is 0 Å². The predicted octanol–water partition coefficient (Wildman–Crippen LogP) is 23.7. The third kappa shape index (κ3) is 14.8. The molecule has 0 N–H and O–H groups in total. The van der Waals surface area contributed by atoms with Gasteiger partial charge in [-0.2, -0.15) is 0 Å². The zero-order valence-corrected chi connectivity index (χ0v) is 48.5. The molecule has 412 valence electrons. The highest BCUT2D eigenvalue weighted by atomic mass is 14.5. The van der Waals surface area contributed by atoms with Crippen molar-refractivity contribution >= 4 is 32.3 Å². The SMILES string of the molecule is C1C2CC3CC1CC(C2)C3.C1CC2C3CCC(C3)C2C1.C1CC2CCC1C2.C1CCC2(C1)CCCC2.C1CCC2(CC1)CCCC2.C1CCCCC1.c1ccc2cc3ccccc3cc2c1.c1ccc2ccccc2c1. The second-order valence-corrected chi connectivity index (χ2v) is 28.8. The highest BCUT2D eigenvalue weighted by Gasteiger charge is 2.49. The van der Waals surface area contributed by atoms with Crippen LogP contribution in [0.25, 0.3) is 32.3 Å². The first-order valence-electron chi connectivity index (χ1n) is 33.8. The van der Waals surface area contributed by atoms with Crippen molar-refractivity contribution in [1.82, 2.24) is 0 Å². The van der Waals surface area contributed by atoms with Gasteiger partial charge in [0.05, 0.1) is 0 Å². The first-order valence-corrected chi connectivity index (χ1v) is 33.8. The van der Waals surface area contributed by atoms with Crippen LogP contribution < -0.4 is 0 Å².